The molecule has 2 N–H and O–H groups in total. The van der Waals surface area contributed by atoms with Gasteiger partial charge in [0.2, 0.25) is 5.91 Å². The molecule has 0 spiro atoms. The molecule has 7 heteroatoms. The highest BCUT2D eigenvalue weighted by Crippen LogP contribution is 2.37. The van der Waals surface area contributed by atoms with Crippen molar-refractivity contribution in [3.05, 3.63) is 40.6 Å². The maximum Gasteiger partial charge on any atom is 0.261 e. The minimum atomic E-state index is -0.769. The average Bonchev–Trinajstić information content (AvgIpc) is 3.16. The molecule has 0 aliphatic carbocycles. The summed E-state index contributed by atoms with van der Waals surface area (Å²) in [7, 11) is 0. The molecule has 2 aromatic heterocycles. The zero-order chi connectivity index (χ0) is 18.5. The van der Waals surface area contributed by atoms with Crippen LogP contribution in [0, 0.1) is 11.3 Å². The van der Waals surface area contributed by atoms with Gasteiger partial charge in [-0.25, -0.2) is 4.98 Å². The number of aliphatic hydroxyl groups excluding tert-OH is 1. The quantitative estimate of drug-likeness (QED) is 0.865. The number of imidazole rings is 1. The summed E-state index contributed by atoms with van der Waals surface area (Å²) in [6.45, 7) is 5.22. The monoisotopic (exact) mass is 356 g/mol. The molecule has 138 valence electrons. The third kappa shape index (κ3) is 2.67. The van der Waals surface area contributed by atoms with E-state index in [2.05, 4.69) is 9.97 Å². The van der Waals surface area contributed by atoms with E-state index in [4.69, 9.17) is 0 Å². The van der Waals surface area contributed by atoms with Crippen LogP contribution in [0.5, 0.6) is 0 Å². The van der Waals surface area contributed by atoms with Crippen molar-refractivity contribution in [1.82, 2.24) is 19.4 Å². The number of carbonyl (C=O) groups excluding carboxylic acids is 1. The molecule has 0 unspecified atom stereocenters. The molecule has 2 aliphatic heterocycles. The van der Waals surface area contributed by atoms with Crippen LogP contribution < -0.4 is 5.56 Å². The largest absolute Gasteiger partial charge is 0.395 e. The van der Waals surface area contributed by atoms with Gasteiger partial charge in [0.25, 0.3) is 5.56 Å². The van der Waals surface area contributed by atoms with Crippen molar-refractivity contribution in [2.45, 2.75) is 32.7 Å². The first-order valence-corrected chi connectivity index (χ1v) is 9.04. The molecule has 2 atom stereocenters. The van der Waals surface area contributed by atoms with Crippen molar-refractivity contribution in [2.75, 3.05) is 19.7 Å². The molecule has 0 aromatic carbocycles. The molecule has 1 amide bonds. The first-order chi connectivity index (χ1) is 12.4. The number of hydrogen-bond acceptors (Lipinski definition) is 4. The van der Waals surface area contributed by atoms with Crippen molar-refractivity contribution in [3.63, 3.8) is 0 Å². The lowest BCUT2D eigenvalue weighted by Gasteiger charge is -2.44. The standard InChI is InChI=1S/C19H24N4O3/c1-19(2,11-24)18(26)22-8-12-7-13(10-22)15-4-3-14(16-20-5-6-21-16)17(25)23(15)9-12/h3-6,12-13,24H,7-11H2,1-2H3,(H,20,21)/t12-,13+/m0/s1. The van der Waals surface area contributed by atoms with E-state index < -0.39 is 5.41 Å². The van der Waals surface area contributed by atoms with Crippen molar-refractivity contribution in [3.8, 4) is 11.4 Å². The van der Waals surface area contributed by atoms with Gasteiger partial charge in [-0.05, 0) is 38.3 Å². The van der Waals surface area contributed by atoms with E-state index in [-0.39, 0.29) is 29.9 Å². The van der Waals surface area contributed by atoms with Crippen molar-refractivity contribution >= 4 is 5.91 Å². The Morgan fingerprint density at radius 2 is 2.15 bits per heavy atom. The molecular formula is C19H24N4O3. The Balaban J connectivity index is 1.67. The van der Waals surface area contributed by atoms with Crippen LogP contribution in [0.4, 0.5) is 0 Å². The summed E-state index contributed by atoms with van der Waals surface area (Å²) in [6.07, 6.45) is 4.34. The predicted molar refractivity (Wildman–Crippen MR) is 96.6 cm³/mol. The number of H-pyrrole nitrogens is 1. The number of likely N-dealkylation sites (tertiary alicyclic amines) is 1. The molecule has 7 nitrogen and oxygen atoms in total. The summed E-state index contributed by atoms with van der Waals surface area (Å²) in [4.78, 5) is 34.8. The number of hydrogen-bond donors (Lipinski definition) is 2. The maximum atomic E-state index is 13.0. The Labute approximate surface area is 151 Å². The van der Waals surface area contributed by atoms with Gasteiger partial charge in [0.05, 0.1) is 17.6 Å². The Kier molecular flexibility index (Phi) is 3.99. The highest BCUT2D eigenvalue weighted by molar-refractivity contribution is 5.82. The topological polar surface area (TPSA) is 91.2 Å². The molecule has 4 rings (SSSR count). The lowest BCUT2D eigenvalue weighted by atomic mass is 9.81. The van der Waals surface area contributed by atoms with Gasteiger partial charge in [-0.2, -0.15) is 0 Å². The number of aromatic amines is 1. The lowest BCUT2D eigenvalue weighted by Crippen LogP contribution is -2.53. The van der Waals surface area contributed by atoms with Crippen LogP contribution in [-0.4, -0.2) is 50.1 Å². The molecule has 1 saturated heterocycles. The van der Waals surface area contributed by atoms with Crippen molar-refractivity contribution in [1.29, 1.82) is 0 Å². The summed E-state index contributed by atoms with van der Waals surface area (Å²) in [5, 5.41) is 9.51. The number of nitrogens with one attached hydrogen (secondary N) is 1. The maximum absolute atomic E-state index is 13.0. The van der Waals surface area contributed by atoms with E-state index in [1.807, 2.05) is 21.6 Å². The molecule has 1 fully saturated rings. The van der Waals surface area contributed by atoms with E-state index in [0.717, 1.165) is 12.1 Å². The van der Waals surface area contributed by atoms with Gasteiger partial charge in [-0.15, -0.1) is 0 Å². The fourth-order valence-electron chi connectivity index (χ4n) is 4.20. The summed E-state index contributed by atoms with van der Waals surface area (Å²) in [5.41, 5.74) is 0.769. The molecule has 2 bridgehead atoms. The minimum Gasteiger partial charge on any atom is -0.395 e. The Morgan fingerprint density at radius 3 is 2.85 bits per heavy atom. The lowest BCUT2D eigenvalue weighted by molar-refractivity contribution is -0.145. The Morgan fingerprint density at radius 1 is 1.35 bits per heavy atom. The fourth-order valence-corrected chi connectivity index (χ4v) is 4.20. The number of aliphatic hydroxyl groups is 1. The van der Waals surface area contributed by atoms with E-state index >= 15 is 0 Å². The number of carbonyl (C=O) groups is 1. The Hall–Kier alpha value is -2.41. The van der Waals surface area contributed by atoms with Gasteiger partial charge in [-0.1, -0.05) is 0 Å². The van der Waals surface area contributed by atoms with Crippen LogP contribution in [0.1, 0.15) is 31.9 Å². The highest BCUT2D eigenvalue weighted by Gasteiger charge is 2.40. The number of amides is 1. The van der Waals surface area contributed by atoms with Crippen molar-refractivity contribution in [2.24, 2.45) is 11.3 Å². The molecule has 2 aliphatic rings. The number of fused-ring (bicyclic) bond motifs is 4. The molecule has 0 saturated carbocycles. The van der Waals surface area contributed by atoms with Crippen LogP contribution in [0.3, 0.4) is 0 Å². The first-order valence-electron chi connectivity index (χ1n) is 9.04. The van der Waals surface area contributed by atoms with E-state index in [1.54, 1.807) is 26.2 Å². The smallest absolute Gasteiger partial charge is 0.261 e. The predicted octanol–water partition coefficient (Wildman–Crippen LogP) is 1.20. The third-order valence-corrected chi connectivity index (χ3v) is 5.62. The van der Waals surface area contributed by atoms with Gasteiger partial charge < -0.3 is 19.6 Å². The second kappa shape index (κ2) is 6.09. The molecular weight excluding hydrogens is 332 g/mol. The van der Waals surface area contributed by atoms with E-state index in [9.17, 15) is 14.7 Å². The average molecular weight is 356 g/mol. The van der Waals surface area contributed by atoms with Crippen LogP contribution >= 0.6 is 0 Å². The summed E-state index contributed by atoms with van der Waals surface area (Å²) in [5.74, 6) is 0.976. The number of pyridine rings is 1. The van der Waals surface area contributed by atoms with Crippen LogP contribution in [-0.2, 0) is 11.3 Å². The second-order valence-corrected chi connectivity index (χ2v) is 8.08. The van der Waals surface area contributed by atoms with Crippen LogP contribution in [0.25, 0.3) is 11.4 Å². The van der Waals surface area contributed by atoms with Crippen LogP contribution in [0.2, 0.25) is 0 Å². The SMILES string of the molecule is CC(C)(CO)C(=O)N1C[C@@H]2C[C@H](C1)c1ccc(-c3ncc[nH]3)c(=O)n1C2. The summed E-state index contributed by atoms with van der Waals surface area (Å²) < 4.78 is 1.86. The van der Waals surface area contributed by atoms with Gasteiger partial charge in [0.15, 0.2) is 0 Å². The van der Waals surface area contributed by atoms with Gasteiger partial charge in [-0.3, -0.25) is 9.59 Å². The number of piperidine rings is 1. The zero-order valence-electron chi connectivity index (χ0n) is 15.1. The van der Waals surface area contributed by atoms with E-state index in [0.29, 0.717) is 31.0 Å². The Bertz CT molecular complexity index is 885. The molecule has 4 heterocycles. The number of rotatable bonds is 3. The number of nitrogens with zero attached hydrogens (tertiary/aromatic N) is 3. The normalized spacial score (nSPS) is 22.2. The molecule has 0 radical (unpaired) electrons. The minimum absolute atomic E-state index is 0.0160. The van der Waals surface area contributed by atoms with Crippen LogP contribution in [0.15, 0.2) is 29.3 Å². The molecule has 2 aromatic rings. The summed E-state index contributed by atoms with van der Waals surface area (Å²) in [6, 6.07) is 3.82. The summed E-state index contributed by atoms with van der Waals surface area (Å²) >= 11 is 0. The van der Waals surface area contributed by atoms with E-state index in [1.165, 1.54) is 0 Å². The third-order valence-electron chi connectivity index (χ3n) is 5.62. The van der Waals surface area contributed by atoms with Gasteiger partial charge in [0, 0.05) is 43.6 Å². The first kappa shape index (κ1) is 17.0. The van der Waals surface area contributed by atoms with Crippen molar-refractivity contribution < 1.29 is 9.90 Å². The second-order valence-electron chi connectivity index (χ2n) is 8.08. The van der Waals surface area contributed by atoms with Gasteiger partial charge in [0.1, 0.15) is 5.82 Å². The molecule has 26 heavy (non-hydrogen) atoms. The van der Waals surface area contributed by atoms with Gasteiger partial charge >= 0.3 is 0 Å². The fraction of sp³-hybridized carbons (Fsp3) is 0.526. The number of aromatic nitrogens is 3. The highest BCUT2D eigenvalue weighted by atomic mass is 16.3. The zero-order valence-corrected chi connectivity index (χ0v) is 15.1.